The average molecular weight is 1470 g/mol. The standard InChI is InChI=1S/C66H102FN9O25Si/c1-65(2,3)102(67,66(4,5)6)46-19-14-41(15-20-46)58(90)72-49(37-69-52(80)24-21-50(64(100)101)76-33-31-74(39-56(86)87)29-27-73(38-55(84)85)28-30-75(32-34-76)40-57(88)89)59(91)71-48(63(98)99)13-9-10-26-68-51(79)23-18-44(77)11-7-8-12-47(62(96)97)70-53(81)22-16-42(60(92)93)35-45(78)36-43(61(94)95)17-25-54(82)83/h14-15,19-20,42-43,47-50H,7-13,16-18,21-40H2,1-6H3,(H,68,79)(H,69,80)(H,70,81)(H,71,91)(H,72,90)(H,82,83)(H,84,85)(H,86,87)(H,88,89)(H,92,93)(H,94,95)(H,96,97)(H,98,99)(H,100,101)/t42-,43-,47-,48-,49-,50-/m1/s1. The SMILES string of the molecule is CC(C)(C)[Si](F)(c1ccc(C(=O)N[C@H](CNC(=O)CC[C@H](C(=O)O)N2CCN(CC(=O)O)CCN(CC(=O)O)CCN(CC(=O)O)CC2)C(=O)N[C@H](CCCCNC(=O)CCC(=O)CCCC[C@@H](NC(=O)CC[C@H](CC(=O)C[C@@H](CCC(=O)O)C(=O)O)C(=O)O)C(=O)O)C(=O)O)cc1)C(C)(C)C. The normalized spacial score (nSPS) is 15.8. The van der Waals surface area contributed by atoms with Crippen LogP contribution in [0, 0.1) is 11.8 Å². The van der Waals surface area contributed by atoms with Crippen LogP contribution in [0.2, 0.25) is 10.1 Å². The lowest BCUT2D eigenvalue weighted by molar-refractivity contribution is -0.147. The van der Waals surface area contributed by atoms with Gasteiger partial charge < -0.3 is 76.7 Å². The monoisotopic (exact) mass is 1470 g/mol. The molecule has 0 unspecified atom stereocenters. The molecular weight excluding hydrogens is 1370 g/mol. The van der Waals surface area contributed by atoms with Gasteiger partial charge >= 0.3 is 53.7 Å². The Morgan fingerprint density at radius 2 is 0.873 bits per heavy atom. The molecule has 1 heterocycles. The summed E-state index contributed by atoms with van der Waals surface area (Å²) in [6.07, 6.45) is -4.24. The predicted octanol–water partition coefficient (Wildman–Crippen LogP) is 1.06. The number of carbonyl (C=O) groups excluding carboxylic acids is 7. The number of amides is 5. The fourth-order valence-corrected chi connectivity index (χ4v) is 16.6. The Morgan fingerprint density at radius 3 is 1.31 bits per heavy atom. The number of hydrogen-bond acceptors (Lipinski definition) is 20. The molecule has 1 aliphatic heterocycles. The minimum Gasteiger partial charge on any atom is -0.481 e. The van der Waals surface area contributed by atoms with Crippen molar-refractivity contribution in [2.45, 2.75) is 185 Å². The van der Waals surface area contributed by atoms with Gasteiger partial charge in [-0.2, -0.15) is 0 Å². The Balaban J connectivity index is 2.13. The van der Waals surface area contributed by atoms with Crippen molar-refractivity contribution in [2.24, 2.45) is 11.8 Å². The van der Waals surface area contributed by atoms with Gasteiger partial charge in [0, 0.05) is 122 Å². The van der Waals surface area contributed by atoms with Gasteiger partial charge in [-0.05, 0) is 78.8 Å². The second kappa shape index (κ2) is 43.8. The number of unbranched alkanes of at least 4 members (excludes halogenated alkanes) is 2. The summed E-state index contributed by atoms with van der Waals surface area (Å²) in [5, 5.41) is 98.2. The molecule has 0 saturated carbocycles. The Hall–Kier alpha value is -8.87. The lowest BCUT2D eigenvalue weighted by Crippen LogP contribution is -2.58. The van der Waals surface area contributed by atoms with Gasteiger partial charge in [0.05, 0.1) is 31.5 Å². The highest BCUT2D eigenvalue weighted by Crippen LogP contribution is 2.51. The average Bonchev–Trinajstić information content (AvgIpc) is 0.748. The van der Waals surface area contributed by atoms with Crippen LogP contribution in [0.4, 0.5) is 4.11 Å². The number of nitrogens with one attached hydrogen (secondary N) is 5. The smallest absolute Gasteiger partial charge is 0.326 e. The number of carboxylic acids is 9. The molecule has 2 rings (SSSR count). The molecule has 34 nitrogen and oxygen atoms in total. The van der Waals surface area contributed by atoms with E-state index >= 15 is 4.11 Å². The van der Waals surface area contributed by atoms with Crippen molar-refractivity contribution in [1.82, 2.24) is 46.2 Å². The van der Waals surface area contributed by atoms with Crippen molar-refractivity contribution in [2.75, 3.05) is 85.1 Å². The molecule has 1 saturated heterocycles. The van der Waals surface area contributed by atoms with Gasteiger partial charge in [-0.15, -0.1) is 0 Å². The van der Waals surface area contributed by atoms with E-state index in [0.29, 0.717) is 5.19 Å². The number of hydrogen-bond donors (Lipinski definition) is 14. The van der Waals surface area contributed by atoms with E-state index < -0.39 is 208 Å². The summed E-state index contributed by atoms with van der Waals surface area (Å²) in [4.78, 5) is 205. The van der Waals surface area contributed by atoms with Crippen LogP contribution in [0.1, 0.15) is 161 Å². The number of carbonyl (C=O) groups is 16. The number of ketones is 2. The van der Waals surface area contributed by atoms with Gasteiger partial charge in [0.1, 0.15) is 35.7 Å². The third-order valence-corrected chi connectivity index (χ3v) is 22.7. The minimum atomic E-state index is -3.81. The first-order valence-electron chi connectivity index (χ1n) is 33.7. The number of Topliss-reactive ketones (excluding diaryl/α,β-unsaturated/α-hetero) is 2. The van der Waals surface area contributed by atoms with Gasteiger partial charge in [-0.1, -0.05) is 60.1 Å². The van der Waals surface area contributed by atoms with Crippen molar-refractivity contribution in [3.8, 4) is 0 Å². The van der Waals surface area contributed by atoms with Crippen LogP contribution in [0.25, 0.3) is 0 Å². The second-order valence-electron chi connectivity index (χ2n) is 27.5. The third kappa shape index (κ3) is 33.3. The van der Waals surface area contributed by atoms with Crippen molar-refractivity contribution in [3.05, 3.63) is 29.8 Å². The van der Waals surface area contributed by atoms with Crippen LogP contribution in [-0.4, -0.2) is 278 Å². The van der Waals surface area contributed by atoms with Crippen molar-refractivity contribution < 1.29 is 127 Å². The zero-order valence-corrected chi connectivity index (χ0v) is 59.7. The van der Waals surface area contributed by atoms with Crippen molar-refractivity contribution in [3.63, 3.8) is 0 Å². The molecule has 0 spiro atoms. The van der Waals surface area contributed by atoms with Gasteiger partial charge in [-0.25, -0.2) is 9.59 Å². The summed E-state index contributed by atoms with van der Waals surface area (Å²) in [6, 6.07) is -0.401. The Morgan fingerprint density at radius 1 is 0.431 bits per heavy atom. The fourth-order valence-electron chi connectivity index (χ4n) is 12.0. The molecule has 14 N–H and O–H groups in total. The van der Waals surface area contributed by atoms with E-state index in [9.17, 15) is 118 Å². The molecule has 0 radical (unpaired) electrons. The maximum Gasteiger partial charge on any atom is 0.326 e. The number of rotatable bonds is 46. The summed E-state index contributed by atoms with van der Waals surface area (Å²) in [5.74, 6) is -20.1. The maximum absolute atomic E-state index is 17.2. The molecule has 102 heavy (non-hydrogen) atoms. The molecule has 0 bridgehead atoms. The zero-order chi connectivity index (χ0) is 77.2. The fraction of sp³-hybridized carbons (Fsp3) is 0.667. The van der Waals surface area contributed by atoms with Gasteiger partial charge in [0.25, 0.3) is 14.3 Å². The van der Waals surface area contributed by atoms with Crippen LogP contribution in [0.15, 0.2) is 24.3 Å². The van der Waals surface area contributed by atoms with Crippen LogP contribution >= 0.6 is 0 Å². The third-order valence-electron chi connectivity index (χ3n) is 17.4. The number of benzene rings is 1. The lowest BCUT2D eigenvalue weighted by atomic mass is 9.90. The largest absolute Gasteiger partial charge is 0.481 e. The first kappa shape index (κ1) is 89.2. The topological polar surface area (TPSA) is 528 Å². The summed E-state index contributed by atoms with van der Waals surface area (Å²) in [5.41, 5.74) is -0.0282. The predicted molar refractivity (Wildman–Crippen MR) is 362 cm³/mol. The van der Waals surface area contributed by atoms with Gasteiger partial charge in [0.2, 0.25) is 23.6 Å². The van der Waals surface area contributed by atoms with Gasteiger partial charge in [-0.3, -0.25) is 86.7 Å². The summed E-state index contributed by atoms with van der Waals surface area (Å²) in [6.45, 7) is 8.74. The van der Waals surface area contributed by atoms with E-state index in [1.165, 1.54) is 43.9 Å². The van der Waals surface area contributed by atoms with E-state index in [4.69, 9.17) is 5.11 Å². The van der Waals surface area contributed by atoms with Crippen LogP contribution in [-0.2, 0) is 71.9 Å². The molecule has 6 atom stereocenters. The second-order valence-corrected chi connectivity index (χ2v) is 32.4. The summed E-state index contributed by atoms with van der Waals surface area (Å²) < 4.78 is 17.2. The summed E-state index contributed by atoms with van der Waals surface area (Å²) in [7, 11) is -3.81. The van der Waals surface area contributed by atoms with Crippen molar-refractivity contribution in [1.29, 1.82) is 0 Å². The van der Waals surface area contributed by atoms with E-state index in [1.54, 1.807) is 41.5 Å². The molecule has 572 valence electrons. The lowest BCUT2D eigenvalue weighted by Gasteiger charge is -2.44. The highest BCUT2D eigenvalue weighted by Gasteiger charge is 2.56. The molecule has 0 aromatic heterocycles. The quantitative estimate of drug-likeness (QED) is 0.0246. The molecule has 1 aromatic rings. The highest BCUT2D eigenvalue weighted by molar-refractivity contribution is 6.90. The highest BCUT2D eigenvalue weighted by atomic mass is 28.4. The molecule has 5 amide bonds. The maximum atomic E-state index is 17.2. The molecule has 1 fully saturated rings. The van der Waals surface area contributed by atoms with E-state index in [-0.39, 0.29) is 141 Å². The van der Waals surface area contributed by atoms with Crippen LogP contribution in [0.5, 0.6) is 0 Å². The number of nitrogens with zero attached hydrogens (tertiary/aromatic N) is 4. The molecule has 1 aromatic carbocycles. The molecular formula is C66H102FN9O25Si. The Bertz CT molecular complexity index is 3040. The van der Waals surface area contributed by atoms with E-state index in [2.05, 4.69) is 26.6 Å². The first-order chi connectivity index (χ1) is 47.5. The summed E-state index contributed by atoms with van der Waals surface area (Å²) >= 11 is 0. The first-order valence-corrected chi connectivity index (χ1v) is 35.6. The Kier molecular flexibility index (Phi) is 38.3. The Labute approximate surface area is 591 Å². The van der Waals surface area contributed by atoms with E-state index in [0.717, 1.165) is 0 Å². The molecule has 1 aliphatic rings. The molecule has 36 heteroatoms. The number of carboxylic acid groups (broad SMARTS) is 9. The number of aliphatic carboxylic acids is 9. The van der Waals surface area contributed by atoms with Crippen molar-refractivity contribution >= 4 is 108 Å². The van der Waals surface area contributed by atoms with Crippen LogP contribution in [0.3, 0.4) is 0 Å². The van der Waals surface area contributed by atoms with Gasteiger partial charge in [0.15, 0.2) is 0 Å². The van der Waals surface area contributed by atoms with E-state index in [1.807, 2.05) is 0 Å². The molecule has 0 aliphatic carbocycles. The number of halogens is 1. The van der Waals surface area contributed by atoms with Crippen LogP contribution < -0.4 is 31.8 Å². The zero-order valence-electron chi connectivity index (χ0n) is 58.7. The minimum absolute atomic E-state index is 0.0109.